The van der Waals surface area contributed by atoms with Crippen molar-refractivity contribution in [2.75, 3.05) is 26.1 Å². The molecule has 0 radical (unpaired) electrons. The summed E-state index contributed by atoms with van der Waals surface area (Å²) in [5.41, 5.74) is 0. The number of hydrogen-bond acceptors (Lipinski definition) is 7. The van der Waals surface area contributed by atoms with Crippen molar-refractivity contribution in [3.05, 3.63) is 0 Å². The van der Waals surface area contributed by atoms with Crippen LogP contribution in [0, 0.1) is 0 Å². The summed E-state index contributed by atoms with van der Waals surface area (Å²) in [5.74, 6) is 0.383. The van der Waals surface area contributed by atoms with Crippen molar-refractivity contribution in [2.24, 2.45) is 0 Å². The second-order valence-corrected chi connectivity index (χ2v) is 3.39. The molecule has 1 rings (SSSR count). The third kappa shape index (κ3) is 4.03. The first-order chi connectivity index (χ1) is 8.23. The molecular weight excluding hydrogens is 224 g/mol. The number of hydrogen-bond donors (Lipinski definition) is 2. The van der Waals surface area contributed by atoms with Crippen molar-refractivity contribution in [3.63, 3.8) is 0 Å². The lowest BCUT2D eigenvalue weighted by atomic mass is 10.2. The molecule has 96 valence electrons. The zero-order valence-electron chi connectivity index (χ0n) is 10.3. The maximum Gasteiger partial charge on any atom is 0.324 e. The van der Waals surface area contributed by atoms with Crippen LogP contribution in [0.15, 0.2) is 0 Å². The van der Waals surface area contributed by atoms with Gasteiger partial charge in [0.25, 0.3) is 0 Å². The highest BCUT2D eigenvalue weighted by atomic mass is 16.5. The largest absolute Gasteiger partial charge is 0.467 e. The molecular formula is C10H18N4O3. The number of anilines is 1. The molecule has 1 aromatic rings. The lowest BCUT2D eigenvalue weighted by molar-refractivity contribution is 0.277. The third-order valence-corrected chi connectivity index (χ3v) is 2.26. The fourth-order valence-corrected chi connectivity index (χ4v) is 1.30. The Labute approximate surface area is 100 Å². The van der Waals surface area contributed by atoms with Gasteiger partial charge in [-0.1, -0.05) is 6.92 Å². The molecule has 0 spiro atoms. The zero-order valence-corrected chi connectivity index (χ0v) is 10.3. The van der Waals surface area contributed by atoms with Gasteiger partial charge in [-0.3, -0.25) is 0 Å². The van der Waals surface area contributed by atoms with Gasteiger partial charge in [-0.2, -0.15) is 9.97 Å². The van der Waals surface area contributed by atoms with Crippen LogP contribution < -0.4 is 14.8 Å². The number of rotatable bonds is 7. The van der Waals surface area contributed by atoms with E-state index in [1.807, 2.05) is 6.92 Å². The number of nitrogens with zero attached hydrogens (tertiary/aromatic N) is 3. The molecule has 1 heterocycles. The first kappa shape index (κ1) is 13.4. The lowest BCUT2D eigenvalue weighted by Gasteiger charge is -2.15. The summed E-state index contributed by atoms with van der Waals surface area (Å²) < 4.78 is 9.88. The fourth-order valence-electron chi connectivity index (χ4n) is 1.30. The molecule has 0 aliphatic rings. The topological polar surface area (TPSA) is 89.4 Å². The highest BCUT2D eigenvalue weighted by Crippen LogP contribution is 2.14. The minimum absolute atomic E-state index is 0.108. The second-order valence-electron chi connectivity index (χ2n) is 3.39. The van der Waals surface area contributed by atoms with Gasteiger partial charge in [0.05, 0.1) is 14.2 Å². The summed E-state index contributed by atoms with van der Waals surface area (Å²) >= 11 is 0. The summed E-state index contributed by atoms with van der Waals surface area (Å²) in [5, 5.41) is 12.0. The molecule has 1 atom stereocenters. The molecule has 0 aromatic carbocycles. The molecule has 0 saturated carbocycles. The summed E-state index contributed by atoms with van der Waals surface area (Å²) in [7, 11) is 2.95. The predicted octanol–water partition coefficient (Wildman–Crippen LogP) is 0.462. The quantitative estimate of drug-likeness (QED) is 0.718. The maximum absolute atomic E-state index is 8.90. The van der Waals surface area contributed by atoms with Crippen molar-refractivity contribution >= 4 is 5.95 Å². The van der Waals surface area contributed by atoms with Crippen LogP contribution in [0.5, 0.6) is 12.0 Å². The van der Waals surface area contributed by atoms with Gasteiger partial charge in [-0.05, 0) is 12.8 Å². The van der Waals surface area contributed by atoms with E-state index in [0.29, 0.717) is 12.4 Å². The van der Waals surface area contributed by atoms with E-state index >= 15 is 0 Å². The molecule has 0 fully saturated rings. The number of methoxy groups -OCH3 is 2. The monoisotopic (exact) mass is 242 g/mol. The third-order valence-electron chi connectivity index (χ3n) is 2.26. The van der Waals surface area contributed by atoms with Crippen molar-refractivity contribution in [1.82, 2.24) is 15.0 Å². The van der Waals surface area contributed by atoms with Gasteiger partial charge in [0.1, 0.15) is 0 Å². The number of aliphatic hydroxyl groups excluding tert-OH is 1. The van der Waals surface area contributed by atoms with Crippen LogP contribution in [0.3, 0.4) is 0 Å². The second kappa shape index (κ2) is 6.85. The van der Waals surface area contributed by atoms with Crippen LogP contribution >= 0.6 is 0 Å². The highest BCUT2D eigenvalue weighted by molar-refractivity contribution is 5.28. The minimum Gasteiger partial charge on any atom is -0.467 e. The van der Waals surface area contributed by atoms with E-state index in [-0.39, 0.29) is 24.7 Å². The minimum atomic E-state index is 0.108. The molecule has 17 heavy (non-hydrogen) atoms. The van der Waals surface area contributed by atoms with E-state index in [9.17, 15) is 0 Å². The van der Waals surface area contributed by atoms with E-state index in [4.69, 9.17) is 14.6 Å². The van der Waals surface area contributed by atoms with Gasteiger partial charge in [0.15, 0.2) is 0 Å². The Morgan fingerprint density at radius 1 is 1.18 bits per heavy atom. The number of aliphatic hydroxyl groups is 1. The van der Waals surface area contributed by atoms with Gasteiger partial charge < -0.3 is 19.9 Å². The molecule has 2 N–H and O–H groups in total. The van der Waals surface area contributed by atoms with E-state index in [1.165, 1.54) is 14.2 Å². The molecule has 0 saturated heterocycles. The molecule has 1 unspecified atom stereocenters. The Morgan fingerprint density at radius 2 is 1.76 bits per heavy atom. The fraction of sp³-hybridized carbons (Fsp3) is 0.700. The van der Waals surface area contributed by atoms with Crippen LogP contribution in [0.4, 0.5) is 5.95 Å². The molecule has 7 nitrogen and oxygen atoms in total. The average Bonchev–Trinajstić information content (AvgIpc) is 2.37. The first-order valence-electron chi connectivity index (χ1n) is 5.44. The van der Waals surface area contributed by atoms with E-state index < -0.39 is 0 Å². The predicted molar refractivity (Wildman–Crippen MR) is 62.3 cm³/mol. The van der Waals surface area contributed by atoms with Crippen LogP contribution in [-0.2, 0) is 0 Å². The Kier molecular flexibility index (Phi) is 5.41. The van der Waals surface area contributed by atoms with Crippen molar-refractivity contribution < 1.29 is 14.6 Å². The highest BCUT2D eigenvalue weighted by Gasteiger charge is 2.11. The van der Waals surface area contributed by atoms with E-state index in [1.54, 1.807) is 0 Å². The van der Waals surface area contributed by atoms with Crippen LogP contribution in [0.25, 0.3) is 0 Å². The SMILES string of the molecule is CCC(CCO)Nc1nc(OC)nc(OC)n1. The Bertz CT molecular complexity index is 326. The standard InChI is InChI=1S/C10H18N4O3/c1-4-7(5-6-15)11-8-12-9(16-2)14-10(13-8)17-3/h7,15H,4-6H2,1-3H3,(H,11,12,13,14). The maximum atomic E-state index is 8.90. The van der Waals surface area contributed by atoms with Gasteiger partial charge in [0.2, 0.25) is 5.95 Å². The Morgan fingerprint density at radius 3 is 2.18 bits per heavy atom. The van der Waals surface area contributed by atoms with Crippen LogP contribution in [0.1, 0.15) is 19.8 Å². The van der Waals surface area contributed by atoms with Gasteiger partial charge in [-0.15, -0.1) is 4.98 Å². The van der Waals surface area contributed by atoms with Crippen molar-refractivity contribution in [2.45, 2.75) is 25.8 Å². The number of ether oxygens (including phenoxy) is 2. The smallest absolute Gasteiger partial charge is 0.324 e. The van der Waals surface area contributed by atoms with E-state index in [2.05, 4.69) is 20.3 Å². The van der Waals surface area contributed by atoms with Gasteiger partial charge in [0, 0.05) is 12.6 Å². The first-order valence-corrected chi connectivity index (χ1v) is 5.44. The van der Waals surface area contributed by atoms with Crippen LogP contribution in [-0.4, -0.2) is 46.9 Å². The Balaban J connectivity index is 2.81. The number of nitrogens with one attached hydrogen (secondary N) is 1. The van der Waals surface area contributed by atoms with Gasteiger partial charge in [-0.25, -0.2) is 0 Å². The summed E-state index contributed by atoms with van der Waals surface area (Å²) in [6.07, 6.45) is 1.49. The summed E-state index contributed by atoms with van der Waals surface area (Å²) in [4.78, 5) is 12.0. The summed E-state index contributed by atoms with van der Waals surface area (Å²) in [6.45, 7) is 2.13. The molecule has 0 bridgehead atoms. The molecule has 7 heteroatoms. The summed E-state index contributed by atoms with van der Waals surface area (Å²) in [6, 6.07) is 0.494. The average molecular weight is 242 g/mol. The van der Waals surface area contributed by atoms with Crippen molar-refractivity contribution in [3.8, 4) is 12.0 Å². The van der Waals surface area contributed by atoms with Gasteiger partial charge >= 0.3 is 12.0 Å². The molecule has 1 aromatic heterocycles. The van der Waals surface area contributed by atoms with Crippen molar-refractivity contribution in [1.29, 1.82) is 0 Å². The zero-order chi connectivity index (χ0) is 12.7. The molecule has 0 aliphatic heterocycles. The Hall–Kier alpha value is -1.63. The molecule has 0 aliphatic carbocycles. The van der Waals surface area contributed by atoms with Crippen LogP contribution in [0.2, 0.25) is 0 Å². The lowest BCUT2D eigenvalue weighted by Crippen LogP contribution is -2.21. The number of aromatic nitrogens is 3. The van der Waals surface area contributed by atoms with E-state index in [0.717, 1.165) is 6.42 Å². The normalized spacial score (nSPS) is 12.0. The molecule has 0 amide bonds.